The first-order valence-electron chi connectivity index (χ1n) is 8.26. The summed E-state index contributed by atoms with van der Waals surface area (Å²) in [6.45, 7) is 11.0. The van der Waals surface area contributed by atoms with Gasteiger partial charge in [0.05, 0.1) is 6.54 Å². The first kappa shape index (κ1) is 16.4. The number of likely N-dealkylation sites (N-methyl/N-ethyl adjacent to an activating group) is 1. The number of amidine groups is 1. The van der Waals surface area contributed by atoms with Gasteiger partial charge in [-0.2, -0.15) is 0 Å². The van der Waals surface area contributed by atoms with Gasteiger partial charge in [-0.3, -0.25) is 14.6 Å². The van der Waals surface area contributed by atoms with Gasteiger partial charge in [0.25, 0.3) is 5.91 Å². The summed E-state index contributed by atoms with van der Waals surface area (Å²) in [5.41, 5.74) is 1.01. The maximum atomic E-state index is 13.0. The Kier molecular flexibility index (Phi) is 4.03. The second kappa shape index (κ2) is 5.89. The fraction of sp³-hybridized carbons (Fsp3) is 0.529. The zero-order valence-electron chi connectivity index (χ0n) is 14.7. The van der Waals surface area contributed by atoms with Gasteiger partial charge in [0.2, 0.25) is 11.9 Å². The molecule has 1 fully saturated rings. The Morgan fingerprint density at radius 2 is 2.12 bits per heavy atom. The van der Waals surface area contributed by atoms with Crippen LogP contribution in [-0.4, -0.2) is 45.7 Å². The molecule has 3 rings (SSSR count). The van der Waals surface area contributed by atoms with Crippen LogP contribution in [0.3, 0.4) is 0 Å². The molecule has 3 amide bonds. The molecule has 0 saturated carbocycles. The largest absolute Gasteiger partial charge is 0.402 e. The Hall–Kier alpha value is -2.44. The Morgan fingerprint density at radius 3 is 2.75 bits per heavy atom. The maximum absolute atomic E-state index is 13.0. The van der Waals surface area contributed by atoms with Crippen LogP contribution >= 0.6 is 0 Å². The van der Waals surface area contributed by atoms with Crippen LogP contribution in [0, 0.1) is 12.8 Å². The molecule has 0 aromatic carbocycles. The number of imidazole rings is 1. The summed E-state index contributed by atoms with van der Waals surface area (Å²) in [7, 11) is 1.68. The highest BCUT2D eigenvalue weighted by Gasteiger charge is 2.52. The number of imide groups is 1. The van der Waals surface area contributed by atoms with Crippen LogP contribution in [0.15, 0.2) is 23.8 Å². The summed E-state index contributed by atoms with van der Waals surface area (Å²) in [4.78, 5) is 32.9. The van der Waals surface area contributed by atoms with Crippen LogP contribution in [0.1, 0.15) is 32.0 Å². The molecular formula is C17H24N5O2+. The normalized spacial score (nSPS) is 19.7. The van der Waals surface area contributed by atoms with E-state index in [9.17, 15) is 9.59 Å². The van der Waals surface area contributed by atoms with E-state index >= 15 is 0 Å². The first-order chi connectivity index (χ1) is 11.4. The molecule has 0 aliphatic carbocycles. The fourth-order valence-electron chi connectivity index (χ4n) is 3.18. The van der Waals surface area contributed by atoms with Crippen molar-refractivity contribution in [2.75, 3.05) is 13.6 Å². The van der Waals surface area contributed by atoms with E-state index in [1.165, 1.54) is 9.80 Å². The number of carbonyl (C=O) groups excluding carboxylic acids is 2. The summed E-state index contributed by atoms with van der Waals surface area (Å²) < 4.78 is 3.85. The molecule has 0 spiro atoms. The highest BCUT2D eigenvalue weighted by atomic mass is 16.2. The monoisotopic (exact) mass is 330 g/mol. The second-order valence-electron chi connectivity index (χ2n) is 6.76. The van der Waals surface area contributed by atoms with E-state index in [0.717, 1.165) is 12.1 Å². The van der Waals surface area contributed by atoms with Crippen molar-refractivity contribution in [3.05, 3.63) is 24.5 Å². The van der Waals surface area contributed by atoms with Crippen LogP contribution in [0.2, 0.25) is 0 Å². The van der Waals surface area contributed by atoms with E-state index in [4.69, 9.17) is 0 Å². The van der Waals surface area contributed by atoms with Crippen LogP contribution in [0.5, 0.6) is 0 Å². The van der Waals surface area contributed by atoms with E-state index in [2.05, 4.69) is 25.4 Å². The number of aromatic nitrogens is 2. The molecule has 24 heavy (non-hydrogen) atoms. The molecule has 7 heteroatoms. The predicted octanol–water partition coefficient (Wildman–Crippen LogP) is 1.79. The molecule has 1 aromatic heterocycles. The van der Waals surface area contributed by atoms with Crippen molar-refractivity contribution in [2.45, 2.75) is 39.8 Å². The van der Waals surface area contributed by atoms with Gasteiger partial charge in [0, 0.05) is 13.6 Å². The Labute approximate surface area is 141 Å². The number of amides is 3. The van der Waals surface area contributed by atoms with Gasteiger partial charge in [-0.05, 0) is 19.3 Å². The summed E-state index contributed by atoms with van der Waals surface area (Å²) in [6.07, 6.45) is 4.50. The standard InChI is InChI=1S/C17H24N5O2/c1-6-8-20-12(4)10-22-13-14(18-16(20)22)19(5)17(24)21(15(13)23)9-7-11(2)3/h6,10-11,13H,1,7-9H2,2-5H3/q+1. The van der Waals surface area contributed by atoms with E-state index in [1.807, 2.05) is 22.3 Å². The summed E-state index contributed by atoms with van der Waals surface area (Å²) in [5, 5.41) is 0. The molecule has 1 atom stereocenters. The van der Waals surface area contributed by atoms with Crippen LogP contribution in [0.4, 0.5) is 10.7 Å². The van der Waals surface area contributed by atoms with Crippen LogP contribution < -0.4 is 4.57 Å². The first-order valence-corrected chi connectivity index (χ1v) is 8.26. The number of aryl methyl sites for hydroxylation is 1. The molecule has 0 N–H and O–H groups in total. The molecule has 3 heterocycles. The van der Waals surface area contributed by atoms with Crippen molar-refractivity contribution in [3.63, 3.8) is 0 Å². The minimum absolute atomic E-state index is 0.197. The topological polar surface area (TPSA) is 61.8 Å². The molecule has 2 aliphatic rings. The van der Waals surface area contributed by atoms with Gasteiger partial charge in [-0.1, -0.05) is 31.5 Å². The number of urea groups is 1. The number of allylic oxidation sites excluding steroid dienone is 1. The van der Waals surface area contributed by atoms with E-state index in [1.54, 1.807) is 13.1 Å². The van der Waals surface area contributed by atoms with Crippen molar-refractivity contribution in [1.29, 1.82) is 0 Å². The molecule has 1 unspecified atom stereocenters. The fourth-order valence-corrected chi connectivity index (χ4v) is 3.18. The Bertz CT molecular complexity index is 746. The van der Waals surface area contributed by atoms with E-state index in [-0.39, 0.29) is 11.9 Å². The summed E-state index contributed by atoms with van der Waals surface area (Å²) in [6, 6.07) is -0.854. The number of rotatable bonds is 5. The number of nitrogens with zero attached hydrogens (tertiary/aromatic N) is 5. The minimum atomic E-state index is -0.556. The molecule has 0 bridgehead atoms. The minimum Gasteiger partial charge on any atom is -0.270 e. The second-order valence-corrected chi connectivity index (χ2v) is 6.76. The smallest absolute Gasteiger partial charge is 0.270 e. The number of fused-ring (bicyclic) bond motifs is 3. The third-order valence-corrected chi connectivity index (χ3v) is 4.56. The van der Waals surface area contributed by atoms with Gasteiger partial charge >= 0.3 is 12.0 Å². The van der Waals surface area contributed by atoms with E-state index in [0.29, 0.717) is 30.8 Å². The molecule has 7 nitrogen and oxygen atoms in total. The van der Waals surface area contributed by atoms with Crippen LogP contribution in [-0.2, 0) is 11.3 Å². The lowest BCUT2D eigenvalue weighted by atomic mass is 10.1. The average Bonchev–Trinajstić information content (AvgIpc) is 3.02. The number of aliphatic imine (C=N–C) groups is 1. The van der Waals surface area contributed by atoms with Crippen molar-refractivity contribution < 1.29 is 14.2 Å². The molecule has 128 valence electrons. The Morgan fingerprint density at radius 1 is 1.42 bits per heavy atom. The summed E-state index contributed by atoms with van der Waals surface area (Å²) in [5.74, 6) is 1.41. The lowest BCUT2D eigenvalue weighted by molar-refractivity contribution is -0.677. The average molecular weight is 330 g/mol. The van der Waals surface area contributed by atoms with Crippen LogP contribution in [0.25, 0.3) is 0 Å². The molecule has 1 saturated heterocycles. The van der Waals surface area contributed by atoms with Gasteiger partial charge in [-0.15, -0.1) is 0 Å². The molecule has 1 aromatic rings. The zero-order chi connectivity index (χ0) is 17.6. The van der Waals surface area contributed by atoms with E-state index < -0.39 is 6.04 Å². The molecular weight excluding hydrogens is 306 g/mol. The SMILES string of the molecule is C=CCn1c(C)c[n+]2c1N=C1C2C(=O)N(CCC(C)C)C(=O)N1C. The van der Waals surface area contributed by atoms with Gasteiger partial charge in [0.1, 0.15) is 11.9 Å². The quantitative estimate of drug-likeness (QED) is 0.610. The predicted molar refractivity (Wildman–Crippen MR) is 90.0 cm³/mol. The van der Waals surface area contributed by atoms with Crippen molar-refractivity contribution in [1.82, 2.24) is 14.4 Å². The lowest BCUT2D eigenvalue weighted by Gasteiger charge is -2.33. The lowest BCUT2D eigenvalue weighted by Crippen LogP contribution is -2.62. The van der Waals surface area contributed by atoms with Crippen molar-refractivity contribution >= 4 is 23.7 Å². The van der Waals surface area contributed by atoms with Crippen molar-refractivity contribution in [2.24, 2.45) is 10.9 Å². The van der Waals surface area contributed by atoms with Gasteiger partial charge < -0.3 is 0 Å². The third kappa shape index (κ3) is 2.35. The van der Waals surface area contributed by atoms with Crippen molar-refractivity contribution in [3.8, 4) is 0 Å². The maximum Gasteiger partial charge on any atom is 0.402 e. The molecule has 2 aliphatic heterocycles. The highest BCUT2D eigenvalue weighted by Crippen LogP contribution is 2.29. The number of hydrogen-bond acceptors (Lipinski definition) is 3. The van der Waals surface area contributed by atoms with Gasteiger partial charge in [-0.25, -0.2) is 13.9 Å². The number of carbonyl (C=O) groups is 2. The third-order valence-electron chi connectivity index (χ3n) is 4.56. The highest BCUT2D eigenvalue weighted by molar-refractivity contribution is 6.19. The Balaban J connectivity index is 2.00. The summed E-state index contributed by atoms with van der Waals surface area (Å²) >= 11 is 0. The van der Waals surface area contributed by atoms with Gasteiger partial charge in [0.15, 0.2) is 0 Å². The number of hydrogen-bond donors (Lipinski definition) is 0. The zero-order valence-corrected chi connectivity index (χ0v) is 14.7. The molecule has 0 radical (unpaired) electrons.